The van der Waals surface area contributed by atoms with Crippen LogP contribution in [0.15, 0.2) is 34.7 Å². The van der Waals surface area contributed by atoms with Gasteiger partial charge in [-0.3, -0.25) is 0 Å². The van der Waals surface area contributed by atoms with E-state index in [-0.39, 0.29) is 6.61 Å². The van der Waals surface area contributed by atoms with Crippen LogP contribution in [0.5, 0.6) is 5.75 Å². The van der Waals surface area contributed by atoms with Gasteiger partial charge in [-0.25, -0.2) is 9.59 Å². The average molecular weight is 416 g/mol. The van der Waals surface area contributed by atoms with Crippen LogP contribution in [0.2, 0.25) is 5.02 Å². The third kappa shape index (κ3) is 3.46. The van der Waals surface area contributed by atoms with Crippen molar-refractivity contribution in [2.24, 2.45) is 0 Å². The highest BCUT2D eigenvalue weighted by molar-refractivity contribution is 6.32. The van der Waals surface area contributed by atoms with E-state index in [4.69, 9.17) is 21.1 Å². The topological polar surface area (TPSA) is 64.6 Å². The molecule has 154 valence electrons. The summed E-state index contributed by atoms with van der Waals surface area (Å²) in [5, 5.41) is 3.57. The second-order valence-electron chi connectivity index (χ2n) is 8.00. The largest absolute Gasteiger partial charge is 0.463 e. The van der Waals surface area contributed by atoms with Crippen LogP contribution in [0.3, 0.4) is 0 Å². The molecule has 1 saturated carbocycles. The fraction of sp³-hybridized carbons (Fsp3) is 0.478. The molecule has 0 bridgehead atoms. The first kappa shape index (κ1) is 20.0. The molecule has 2 heterocycles. The zero-order valence-corrected chi connectivity index (χ0v) is 17.8. The van der Waals surface area contributed by atoms with Crippen molar-refractivity contribution in [2.75, 3.05) is 6.61 Å². The summed E-state index contributed by atoms with van der Waals surface area (Å²) in [4.78, 5) is 25.7. The molecule has 1 aromatic rings. The van der Waals surface area contributed by atoms with Crippen molar-refractivity contribution in [1.29, 1.82) is 0 Å². The quantitative estimate of drug-likeness (QED) is 0.549. The van der Waals surface area contributed by atoms with Gasteiger partial charge in [-0.1, -0.05) is 36.9 Å². The minimum atomic E-state index is -0.535. The lowest BCUT2D eigenvalue weighted by molar-refractivity contribution is -0.139. The molecule has 1 aliphatic carbocycles. The van der Waals surface area contributed by atoms with E-state index in [1.54, 1.807) is 6.92 Å². The predicted molar refractivity (Wildman–Crippen MR) is 111 cm³/mol. The Hall–Kier alpha value is -2.27. The molecule has 4 rings (SSSR count). The molecule has 0 spiro atoms. The number of carbonyl (C=O) groups excluding carboxylic acids is 2. The van der Waals surface area contributed by atoms with Gasteiger partial charge in [-0.15, -0.1) is 0 Å². The second-order valence-corrected chi connectivity index (χ2v) is 8.41. The van der Waals surface area contributed by atoms with Gasteiger partial charge in [0.2, 0.25) is 0 Å². The first-order valence-electron chi connectivity index (χ1n) is 10.3. The third-order valence-corrected chi connectivity index (χ3v) is 6.43. The summed E-state index contributed by atoms with van der Waals surface area (Å²) in [6, 6.07) is 4.01. The first-order chi connectivity index (χ1) is 13.9. The molecule has 0 radical (unpaired) electrons. The van der Waals surface area contributed by atoms with E-state index in [9.17, 15) is 9.59 Å². The van der Waals surface area contributed by atoms with E-state index >= 15 is 0 Å². The van der Waals surface area contributed by atoms with Crippen LogP contribution in [-0.4, -0.2) is 18.5 Å². The van der Waals surface area contributed by atoms with Gasteiger partial charge in [-0.2, -0.15) is 0 Å². The highest BCUT2D eigenvalue weighted by Gasteiger charge is 2.43. The SMILES string of the molecule is CCOC(=O)C1=C(C)NC(C)=C2C(=O)Oc3c(Cl)cc(C4CCCCC4)cc3C12. The van der Waals surface area contributed by atoms with Crippen molar-refractivity contribution < 1.29 is 19.1 Å². The van der Waals surface area contributed by atoms with E-state index < -0.39 is 17.9 Å². The zero-order valence-electron chi connectivity index (χ0n) is 17.1. The standard InChI is InChI=1S/C23H26ClNO4/c1-4-28-22(26)18-12(2)25-13(3)19-20(18)16-10-15(14-8-6-5-7-9-14)11-17(24)21(16)29-23(19)27/h10-11,14,20,25H,4-9H2,1-3H3. The zero-order chi connectivity index (χ0) is 20.7. The van der Waals surface area contributed by atoms with E-state index in [0.29, 0.717) is 39.2 Å². The molecule has 2 aliphatic heterocycles. The number of allylic oxidation sites excluding steroid dienone is 2. The maximum atomic E-state index is 12.8. The lowest BCUT2D eigenvalue weighted by Crippen LogP contribution is -2.36. The van der Waals surface area contributed by atoms with Gasteiger partial charge in [-0.05, 0) is 51.2 Å². The fourth-order valence-electron chi connectivity index (χ4n) is 4.83. The number of nitrogens with one attached hydrogen (secondary N) is 1. The lowest BCUT2D eigenvalue weighted by atomic mass is 9.76. The van der Waals surface area contributed by atoms with E-state index in [2.05, 4.69) is 11.4 Å². The van der Waals surface area contributed by atoms with Crippen LogP contribution >= 0.6 is 11.6 Å². The molecule has 5 nitrogen and oxygen atoms in total. The van der Waals surface area contributed by atoms with Crippen molar-refractivity contribution in [3.63, 3.8) is 0 Å². The van der Waals surface area contributed by atoms with E-state index in [0.717, 1.165) is 24.0 Å². The van der Waals surface area contributed by atoms with Crippen molar-refractivity contribution >= 4 is 23.5 Å². The van der Waals surface area contributed by atoms with E-state index in [1.807, 2.05) is 19.9 Å². The summed E-state index contributed by atoms with van der Waals surface area (Å²) in [6.07, 6.45) is 5.94. The number of carbonyl (C=O) groups is 2. The van der Waals surface area contributed by atoms with E-state index in [1.165, 1.54) is 19.3 Å². The molecular formula is C23H26ClNO4. The molecule has 1 atom stereocenters. The number of rotatable bonds is 3. The normalized spacial score (nSPS) is 21.9. The smallest absolute Gasteiger partial charge is 0.342 e. The number of ether oxygens (including phenoxy) is 2. The van der Waals surface area contributed by atoms with Gasteiger partial charge in [0.25, 0.3) is 0 Å². The minimum absolute atomic E-state index is 0.264. The van der Waals surface area contributed by atoms with Crippen molar-refractivity contribution in [2.45, 2.75) is 64.7 Å². The Balaban J connectivity index is 1.89. The van der Waals surface area contributed by atoms with Crippen LogP contribution in [0.25, 0.3) is 0 Å². The van der Waals surface area contributed by atoms with Crippen LogP contribution < -0.4 is 10.1 Å². The maximum absolute atomic E-state index is 12.8. The Morgan fingerprint density at radius 1 is 1.21 bits per heavy atom. The number of fused-ring (bicyclic) bond motifs is 3. The Kier molecular flexibility index (Phi) is 5.43. The molecule has 3 aliphatic rings. The molecule has 0 aromatic heterocycles. The van der Waals surface area contributed by atoms with Crippen LogP contribution in [0, 0.1) is 0 Å². The van der Waals surface area contributed by atoms with Gasteiger partial charge in [0.1, 0.15) is 0 Å². The van der Waals surface area contributed by atoms with Crippen molar-refractivity contribution in [1.82, 2.24) is 5.32 Å². The highest BCUT2D eigenvalue weighted by Crippen LogP contribution is 2.50. The summed E-state index contributed by atoms with van der Waals surface area (Å²) in [5.41, 5.74) is 4.20. The number of halogens is 1. The number of hydrogen-bond donors (Lipinski definition) is 1. The van der Waals surface area contributed by atoms with Crippen molar-refractivity contribution in [3.05, 3.63) is 50.8 Å². The van der Waals surface area contributed by atoms with Gasteiger partial charge in [0, 0.05) is 17.0 Å². The molecule has 1 aromatic carbocycles. The van der Waals surface area contributed by atoms with Crippen LogP contribution in [0.1, 0.15) is 75.8 Å². The number of dihydropyridines is 1. The molecule has 29 heavy (non-hydrogen) atoms. The Morgan fingerprint density at radius 3 is 2.62 bits per heavy atom. The third-order valence-electron chi connectivity index (χ3n) is 6.15. The second kappa shape index (κ2) is 7.86. The summed E-state index contributed by atoms with van der Waals surface area (Å²) in [5.74, 6) is -0.640. The monoisotopic (exact) mass is 415 g/mol. The minimum Gasteiger partial charge on any atom is -0.463 e. The summed E-state index contributed by atoms with van der Waals surface area (Å²) in [7, 11) is 0. The Labute approximate surface area is 176 Å². The molecule has 1 unspecified atom stereocenters. The Bertz CT molecular complexity index is 940. The molecular weight excluding hydrogens is 390 g/mol. The summed E-state index contributed by atoms with van der Waals surface area (Å²) >= 11 is 6.58. The predicted octanol–water partition coefficient (Wildman–Crippen LogP) is 5.10. The average Bonchev–Trinajstić information content (AvgIpc) is 2.69. The molecule has 1 fully saturated rings. The fourth-order valence-corrected chi connectivity index (χ4v) is 5.11. The van der Waals surface area contributed by atoms with Gasteiger partial charge >= 0.3 is 11.9 Å². The van der Waals surface area contributed by atoms with Crippen LogP contribution in [-0.2, 0) is 14.3 Å². The van der Waals surface area contributed by atoms with Gasteiger partial charge < -0.3 is 14.8 Å². The molecule has 6 heteroatoms. The molecule has 1 N–H and O–H groups in total. The number of hydrogen-bond acceptors (Lipinski definition) is 5. The molecule has 0 amide bonds. The van der Waals surface area contributed by atoms with Gasteiger partial charge in [0.15, 0.2) is 5.75 Å². The highest BCUT2D eigenvalue weighted by atomic mass is 35.5. The number of esters is 2. The maximum Gasteiger partial charge on any atom is 0.342 e. The van der Waals surface area contributed by atoms with Gasteiger partial charge in [0.05, 0.1) is 28.7 Å². The summed E-state index contributed by atoms with van der Waals surface area (Å²) < 4.78 is 10.9. The van der Waals surface area contributed by atoms with Crippen molar-refractivity contribution in [3.8, 4) is 5.75 Å². The number of benzene rings is 1. The van der Waals surface area contributed by atoms with Crippen LogP contribution in [0.4, 0.5) is 0 Å². The first-order valence-corrected chi connectivity index (χ1v) is 10.7. The molecule has 0 saturated heterocycles. The Morgan fingerprint density at radius 2 is 1.93 bits per heavy atom. The summed E-state index contributed by atoms with van der Waals surface area (Å²) in [6.45, 7) is 5.69. The lowest BCUT2D eigenvalue weighted by Gasteiger charge is -2.35.